The Labute approximate surface area is 56.9 Å². The second-order valence-corrected chi connectivity index (χ2v) is 2.75. The maximum Gasteiger partial charge on any atom is 0.0252 e. The van der Waals surface area contributed by atoms with Crippen molar-refractivity contribution in [2.75, 3.05) is 0 Å². The molecule has 0 aromatic heterocycles. The summed E-state index contributed by atoms with van der Waals surface area (Å²) in [6.45, 7) is 2.21. The zero-order valence-electron chi connectivity index (χ0n) is 6.01. The van der Waals surface area contributed by atoms with E-state index in [0.717, 1.165) is 5.92 Å². The molecule has 1 heteroatoms. The van der Waals surface area contributed by atoms with Crippen molar-refractivity contribution in [1.82, 2.24) is 0 Å². The molecule has 1 rings (SSSR count). The highest BCUT2D eigenvalue weighted by atomic mass is 14.6. The van der Waals surface area contributed by atoms with E-state index in [1.165, 1.54) is 19.3 Å². The number of allylic oxidation sites excluding steroid dienone is 1. The molecule has 2 atom stereocenters. The van der Waals surface area contributed by atoms with Crippen molar-refractivity contribution < 1.29 is 0 Å². The van der Waals surface area contributed by atoms with Gasteiger partial charge in [0.25, 0.3) is 0 Å². The van der Waals surface area contributed by atoms with Crippen LogP contribution in [0.5, 0.6) is 0 Å². The van der Waals surface area contributed by atoms with Crippen LogP contribution in [-0.4, -0.2) is 6.04 Å². The molecule has 1 aliphatic rings. The standard InChI is InChI=1S/C8H15N/c1-2-7-5-3-4-6-8(7)9/h4,6-8H,2-3,5,9H2,1H3. The van der Waals surface area contributed by atoms with Crippen LogP contribution in [0.25, 0.3) is 0 Å². The summed E-state index contributed by atoms with van der Waals surface area (Å²) in [7, 11) is 0. The third-order valence-electron chi connectivity index (χ3n) is 2.13. The maximum atomic E-state index is 5.80. The minimum absolute atomic E-state index is 0.337. The van der Waals surface area contributed by atoms with Gasteiger partial charge in [-0.1, -0.05) is 25.5 Å². The van der Waals surface area contributed by atoms with Crippen LogP contribution in [0.2, 0.25) is 0 Å². The zero-order chi connectivity index (χ0) is 6.69. The molecule has 0 saturated carbocycles. The van der Waals surface area contributed by atoms with Gasteiger partial charge < -0.3 is 5.73 Å². The van der Waals surface area contributed by atoms with Gasteiger partial charge >= 0.3 is 0 Å². The van der Waals surface area contributed by atoms with Crippen LogP contribution in [0, 0.1) is 5.92 Å². The first kappa shape index (κ1) is 6.81. The molecule has 52 valence electrons. The van der Waals surface area contributed by atoms with Gasteiger partial charge in [0.15, 0.2) is 0 Å². The molecule has 2 N–H and O–H groups in total. The molecule has 0 spiro atoms. The Morgan fingerprint density at radius 2 is 2.44 bits per heavy atom. The quantitative estimate of drug-likeness (QED) is 0.530. The average molecular weight is 125 g/mol. The van der Waals surface area contributed by atoms with Crippen LogP contribution >= 0.6 is 0 Å². The van der Waals surface area contributed by atoms with E-state index in [9.17, 15) is 0 Å². The molecule has 0 bridgehead atoms. The first-order chi connectivity index (χ1) is 4.34. The first-order valence-electron chi connectivity index (χ1n) is 3.77. The van der Waals surface area contributed by atoms with Gasteiger partial charge in [0.1, 0.15) is 0 Å². The normalized spacial score (nSPS) is 34.9. The molecule has 0 saturated heterocycles. The predicted octanol–water partition coefficient (Wildman–Crippen LogP) is 1.69. The first-order valence-corrected chi connectivity index (χ1v) is 3.77. The summed E-state index contributed by atoms with van der Waals surface area (Å²) in [5.74, 6) is 0.745. The van der Waals surface area contributed by atoms with E-state index in [0.29, 0.717) is 6.04 Å². The van der Waals surface area contributed by atoms with E-state index in [-0.39, 0.29) is 0 Å². The predicted molar refractivity (Wildman–Crippen MR) is 40.1 cm³/mol. The Bertz CT molecular complexity index is 107. The monoisotopic (exact) mass is 125 g/mol. The van der Waals surface area contributed by atoms with E-state index in [4.69, 9.17) is 5.73 Å². The van der Waals surface area contributed by atoms with Gasteiger partial charge in [-0.15, -0.1) is 0 Å². The smallest absolute Gasteiger partial charge is 0.0252 e. The Morgan fingerprint density at radius 3 is 2.89 bits per heavy atom. The second-order valence-electron chi connectivity index (χ2n) is 2.75. The largest absolute Gasteiger partial charge is 0.324 e. The second kappa shape index (κ2) is 3.02. The molecular weight excluding hydrogens is 110 g/mol. The number of hydrogen-bond acceptors (Lipinski definition) is 1. The summed E-state index contributed by atoms with van der Waals surface area (Å²) < 4.78 is 0. The fourth-order valence-corrected chi connectivity index (χ4v) is 1.39. The van der Waals surface area contributed by atoms with E-state index in [1.54, 1.807) is 0 Å². The van der Waals surface area contributed by atoms with E-state index >= 15 is 0 Å². The van der Waals surface area contributed by atoms with Crippen molar-refractivity contribution in [3.05, 3.63) is 12.2 Å². The van der Waals surface area contributed by atoms with E-state index in [2.05, 4.69) is 19.1 Å². The Balaban J connectivity index is 2.44. The minimum Gasteiger partial charge on any atom is -0.324 e. The summed E-state index contributed by atoms with van der Waals surface area (Å²) in [5, 5.41) is 0. The molecule has 1 nitrogen and oxygen atoms in total. The lowest BCUT2D eigenvalue weighted by Gasteiger charge is -2.22. The van der Waals surface area contributed by atoms with Gasteiger partial charge in [-0.2, -0.15) is 0 Å². The molecular formula is C8H15N. The Hall–Kier alpha value is -0.300. The van der Waals surface area contributed by atoms with Crippen molar-refractivity contribution in [3.8, 4) is 0 Å². The third kappa shape index (κ3) is 1.55. The van der Waals surface area contributed by atoms with Gasteiger partial charge in [0.2, 0.25) is 0 Å². The van der Waals surface area contributed by atoms with Crippen LogP contribution in [0.3, 0.4) is 0 Å². The molecule has 0 heterocycles. The summed E-state index contributed by atoms with van der Waals surface area (Å²) in [6, 6.07) is 0.337. The zero-order valence-corrected chi connectivity index (χ0v) is 6.01. The maximum absolute atomic E-state index is 5.80. The Kier molecular flexibility index (Phi) is 2.29. The summed E-state index contributed by atoms with van der Waals surface area (Å²) in [5.41, 5.74) is 5.80. The van der Waals surface area contributed by atoms with E-state index in [1.807, 2.05) is 0 Å². The van der Waals surface area contributed by atoms with Crippen LogP contribution in [0.15, 0.2) is 12.2 Å². The van der Waals surface area contributed by atoms with Crippen molar-refractivity contribution in [3.63, 3.8) is 0 Å². The topological polar surface area (TPSA) is 26.0 Å². The molecule has 0 aliphatic heterocycles. The van der Waals surface area contributed by atoms with Crippen molar-refractivity contribution in [2.45, 2.75) is 32.2 Å². The van der Waals surface area contributed by atoms with Gasteiger partial charge in [-0.3, -0.25) is 0 Å². The van der Waals surface area contributed by atoms with E-state index < -0.39 is 0 Å². The lowest BCUT2D eigenvalue weighted by molar-refractivity contribution is 0.415. The minimum atomic E-state index is 0.337. The highest BCUT2D eigenvalue weighted by Gasteiger charge is 2.14. The lowest BCUT2D eigenvalue weighted by Crippen LogP contribution is -2.29. The van der Waals surface area contributed by atoms with Crippen LogP contribution in [-0.2, 0) is 0 Å². The lowest BCUT2D eigenvalue weighted by atomic mass is 9.88. The third-order valence-corrected chi connectivity index (χ3v) is 2.13. The molecule has 9 heavy (non-hydrogen) atoms. The van der Waals surface area contributed by atoms with Gasteiger partial charge in [0, 0.05) is 6.04 Å². The molecule has 0 aromatic carbocycles. The van der Waals surface area contributed by atoms with Gasteiger partial charge in [-0.25, -0.2) is 0 Å². The molecule has 2 unspecified atom stereocenters. The highest BCUT2D eigenvalue weighted by molar-refractivity contribution is 4.99. The highest BCUT2D eigenvalue weighted by Crippen LogP contribution is 2.19. The van der Waals surface area contributed by atoms with Crippen LogP contribution in [0.4, 0.5) is 0 Å². The Morgan fingerprint density at radius 1 is 1.67 bits per heavy atom. The average Bonchev–Trinajstić information content (AvgIpc) is 1.89. The fraction of sp³-hybridized carbons (Fsp3) is 0.750. The van der Waals surface area contributed by atoms with Crippen molar-refractivity contribution >= 4 is 0 Å². The molecule has 0 amide bonds. The summed E-state index contributed by atoms with van der Waals surface area (Å²) in [6.07, 6.45) is 8.07. The molecule has 0 radical (unpaired) electrons. The van der Waals surface area contributed by atoms with Crippen LogP contribution < -0.4 is 5.73 Å². The summed E-state index contributed by atoms with van der Waals surface area (Å²) >= 11 is 0. The van der Waals surface area contributed by atoms with Gasteiger partial charge in [0.05, 0.1) is 0 Å². The number of hydrogen-bond donors (Lipinski definition) is 1. The van der Waals surface area contributed by atoms with Crippen LogP contribution in [0.1, 0.15) is 26.2 Å². The number of rotatable bonds is 1. The molecule has 0 aromatic rings. The SMILES string of the molecule is CCC1CCC=CC1N. The summed E-state index contributed by atoms with van der Waals surface area (Å²) in [4.78, 5) is 0. The molecule has 1 aliphatic carbocycles. The van der Waals surface area contributed by atoms with Crippen molar-refractivity contribution in [1.29, 1.82) is 0 Å². The molecule has 0 fully saturated rings. The fourth-order valence-electron chi connectivity index (χ4n) is 1.39. The van der Waals surface area contributed by atoms with Gasteiger partial charge in [-0.05, 0) is 18.8 Å². The number of nitrogens with two attached hydrogens (primary N) is 1. The van der Waals surface area contributed by atoms with Crippen molar-refractivity contribution in [2.24, 2.45) is 11.7 Å².